The van der Waals surface area contributed by atoms with Gasteiger partial charge in [-0.05, 0) is 50.9 Å². The Morgan fingerprint density at radius 3 is 2.93 bits per heavy atom. The van der Waals surface area contributed by atoms with Crippen LogP contribution in [0.2, 0.25) is 0 Å². The molecule has 1 saturated heterocycles. The second-order valence-electron chi connectivity index (χ2n) is 7.74. The lowest BCUT2D eigenvalue weighted by molar-refractivity contribution is -0.124. The van der Waals surface area contributed by atoms with Crippen molar-refractivity contribution in [1.29, 1.82) is 0 Å². The third-order valence-corrected chi connectivity index (χ3v) is 7.48. The third-order valence-electron chi connectivity index (χ3n) is 5.53. The van der Waals surface area contributed by atoms with Crippen molar-refractivity contribution in [2.24, 2.45) is 17.8 Å². The molecule has 1 aliphatic carbocycles. The summed E-state index contributed by atoms with van der Waals surface area (Å²) in [6.07, 6.45) is 5.71. The van der Waals surface area contributed by atoms with Crippen LogP contribution < -0.4 is 10.6 Å². The smallest absolute Gasteiger partial charge is 0.224 e. The van der Waals surface area contributed by atoms with Gasteiger partial charge in [0.2, 0.25) is 5.91 Å². The highest BCUT2D eigenvalue weighted by molar-refractivity contribution is 8.01. The van der Waals surface area contributed by atoms with Crippen molar-refractivity contribution in [1.82, 2.24) is 25.0 Å². The van der Waals surface area contributed by atoms with E-state index in [-0.39, 0.29) is 11.8 Å². The number of hydrogen-bond acceptors (Lipinski definition) is 6. The van der Waals surface area contributed by atoms with Gasteiger partial charge < -0.3 is 15.0 Å². The maximum Gasteiger partial charge on any atom is 0.224 e. The van der Waals surface area contributed by atoms with E-state index >= 15 is 0 Å². The fourth-order valence-corrected chi connectivity index (χ4v) is 5.85. The molecule has 1 aliphatic heterocycles. The van der Waals surface area contributed by atoms with E-state index in [1.807, 2.05) is 43.9 Å². The molecule has 1 saturated carbocycles. The predicted molar refractivity (Wildman–Crippen MR) is 106 cm³/mol. The first kappa shape index (κ1) is 17.2. The van der Waals surface area contributed by atoms with Crippen LogP contribution in [0.5, 0.6) is 0 Å². The molecule has 1 amide bonds. The number of fused-ring (bicyclic) bond motifs is 2. The standard InChI is InChI=1S/C19H21N5OS2/c1-19(2,23-16(25)15-11-8-20-9-12(11)15)17-22-10-13-14(4-3-6-24(13)17)27-18-21-5-7-26-18/h3-7,10-12,15,20H,8-9H2,1-2H3,(H,23,25)/t11-,12+,15+. The summed E-state index contributed by atoms with van der Waals surface area (Å²) in [5.41, 5.74) is 0.487. The summed E-state index contributed by atoms with van der Waals surface area (Å²) in [5, 5.41) is 8.56. The number of carbonyl (C=O) groups excluding carboxylic acids is 1. The number of rotatable bonds is 5. The van der Waals surface area contributed by atoms with E-state index in [0.29, 0.717) is 11.8 Å². The molecule has 4 heterocycles. The van der Waals surface area contributed by atoms with E-state index in [4.69, 9.17) is 0 Å². The van der Waals surface area contributed by atoms with E-state index in [9.17, 15) is 4.79 Å². The van der Waals surface area contributed by atoms with E-state index in [2.05, 4.69) is 31.1 Å². The number of aromatic nitrogens is 3. The Hall–Kier alpha value is -1.90. The molecule has 3 atom stereocenters. The number of pyridine rings is 1. The third kappa shape index (κ3) is 2.96. The Morgan fingerprint density at radius 1 is 1.37 bits per heavy atom. The Kier molecular flexibility index (Phi) is 4.03. The second kappa shape index (κ2) is 6.32. The molecule has 0 bridgehead atoms. The second-order valence-corrected chi connectivity index (χ2v) is 9.92. The highest BCUT2D eigenvalue weighted by atomic mass is 32.2. The average Bonchev–Trinajstić information content (AvgIpc) is 3.12. The van der Waals surface area contributed by atoms with E-state index in [0.717, 1.165) is 33.7 Å². The molecular formula is C19H21N5OS2. The normalized spacial score (nSPS) is 24.1. The quantitative estimate of drug-likeness (QED) is 0.690. The number of hydrogen-bond donors (Lipinski definition) is 2. The molecule has 140 valence electrons. The Bertz CT molecular complexity index is 987. The summed E-state index contributed by atoms with van der Waals surface area (Å²) in [4.78, 5) is 22.9. The lowest BCUT2D eigenvalue weighted by Gasteiger charge is -2.26. The Labute approximate surface area is 165 Å². The van der Waals surface area contributed by atoms with Crippen LogP contribution in [0.4, 0.5) is 0 Å². The van der Waals surface area contributed by atoms with Crippen LogP contribution in [0.25, 0.3) is 5.52 Å². The van der Waals surface area contributed by atoms with E-state index in [1.165, 1.54) is 0 Å². The molecule has 0 unspecified atom stereocenters. The molecule has 3 aromatic rings. The van der Waals surface area contributed by atoms with Crippen LogP contribution in [0, 0.1) is 17.8 Å². The lowest BCUT2D eigenvalue weighted by Crippen LogP contribution is -2.44. The molecule has 8 heteroatoms. The minimum atomic E-state index is -0.543. The lowest BCUT2D eigenvalue weighted by atomic mass is 10.0. The number of imidazole rings is 1. The first-order chi connectivity index (χ1) is 13.0. The van der Waals surface area contributed by atoms with Gasteiger partial charge in [-0.2, -0.15) is 0 Å². The summed E-state index contributed by atoms with van der Waals surface area (Å²) in [6.45, 7) is 5.98. The van der Waals surface area contributed by atoms with Crippen molar-refractivity contribution in [3.63, 3.8) is 0 Å². The van der Waals surface area contributed by atoms with Crippen LogP contribution in [0.15, 0.2) is 45.3 Å². The number of carbonyl (C=O) groups is 1. The minimum Gasteiger partial charge on any atom is -0.344 e. The molecule has 5 rings (SSSR count). The van der Waals surface area contributed by atoms with Crippen LogP contribution in [0.1, 0.15) is 19.7 Å². The molecule has 6 nitrogen and oxygen atoms in total. The predicted octanol–water partition coefficient (Wildman–Crippen LogP) is 2.76. The molecule has 2 N–H and O–H groups in total. The van der Waals surface area contributed by atoms with Crippen molar-refractivity contribution < 1.29 is 4.79 Å². The molecule has 0 spiro atoms. The molecule has 2 fully saturated rings. The van der Waals surface area contributed by atoms with Crippen molar-refractivity contribution in [3.05, 3.63) is 41.9 Å². The highest BCUT2D eigenvalue weighted by Crippen LogP contribution is 2.49. The van der Waals surface area contributed by atoms with Crippen LogP contribution in [0.3, 0.4) is 0 Å². The minimum absolute atomic E-state index is 0.154. The maximum atomic E-state index is 12.8. The maximum absolute atomic E-state index is 12.8. The van der Waals surface area contributed by atoms with E-state index in [1.54, 1.807) is 23.1 Å². The van der Waals surface area contributed by atoms with Gasteiger partial charge in [0, 0.05) is 28.6 Å². The van der Waals surface area contributed by atoms with Crippen LogP contribution >= 0.6 is 23.1 Å². The van der Waals surface area contributed by atoms with Crippen molar-refractivity contribution in [3.8, 4) is 0 Å². The SMILES string of the molecule is CC(C)(NC(=O)[C@H]1[C@@H]2CNC[C@@H]21)c1ncc2c(Sc3nccs3)cccn12. The van der Waals surface area contributed by atoms with Crippen molar-refractivity contribution in [2.45, 2.75) is 28.6 Å². The zero-order valence-corrected chi connectivity index (χ0v) is 16.8. The van der Waals surface area contributed by atoms with E-state index < -0.39 is 5.54 Å². The largest absolute Gasteiger partial charge is 0.344 e. The van der Waals surface area contributed by atoms with Gasteiger partial charge in [-0.1, -0.05) is 11.8 Å². The van der Waals surface area contributed by atoms with Gasteiger partial charge in [0.1, 0.15) is 5.82 Å². The van der Waals surface area contributed by atoms with Gasteiger partial charge in [0.05, 0.1) is 17.3 Å². The monoisotopic (exact) mass is 399 g/mol. The first-order valence-corrected chi connectivity index (χ1v) is 10.8. The van der Waals surface area contributed by atoms with Crippen LogP contribution in [-0.2, 0) is 10.3 Å². The summed E-state index contributed by atoms with van der Waals surface area (Å²) < 4.78 is 3.08. The molecular weight excluding hydrogens is 378 g/mol. The summed E-state index contributed by atoms with van der Waals surface area (Å²) in [5.74, 6) is 2.18. The van der Waals surface area contributed by atoms with Crippen molar-refractivity contribution in [2.75, 3.05) is 13.1 Å². The van der Waals surface area contributed by atoms with Gasteiger partial charge >= 0.3 is 0 Å². The highest BCUT2D eigenvalue weighted by Gasteiger charge is 2.57. The molecule has 27 heavy (non-hydrogen) atoms. The number of amides is 1. The Balaban J connectivity index is 1.41. The zero-order chi connectivity index (χ0) is 18.6. The van der Waals surface area contributed by atoms with Gasteiger partial charge in [-0.3, -0.25) is 4.79 Å². The molecule has 0 radical (unpaired) electrons. The summed E-state index contributed by atoms with van der Waals surface area (Å²) in [7, 11) is 0. The van der Waals surface area contributed by atoms with Crippen LogP contribution in [-0.4, -0.2) is 33.4 Å². The fourth-order valence-electron chi connectivity index (χ4n) is 4.15. The number of piperidine rings is 1. The molecule has 2 aliphatic rings. The topological polar surface area (TPSA) is 71.3 Å². The van der Waals surface area contributed by atoms with Crippen molar-refractivity contribution >= 4 is 34.5 Å². The number of nitrogens with zero attached hydrogens (tertiary/aromatic N) is 3. The van der Waals surface area contributed by atoms with Gasteiger partial charge in [0.25, 0.3) is 0 Å². The van der Waals surface area contributed by atoms with Gasteiger partial charge in [-0.25, -0.2) is 9.97 Å². The summed E-state index contributed by atoms with van der Waals surface area (Å²) in [6, 6.07) is 4.10. The first-order valence-electron chi connectivity index (χ1n) is 9.11. The Morgan fingerprint density at radius 2 is 2.19 bits per heavy atom. The molecule has 3 aromatic heterocycles. The van der Waals surface area contributed by atoms with Gasteiger partial charge in [-0.15, -0.1) is 11.3 Å². The fraction of sp³-hybridized carbons (Fsp3) is 0.421. The zero-order valence-electron chi connectivity index (χ0n) is 15.2. The molecule has 0 aromatic carbocycles. The summed E-state index contributed by atoms with van der Waals surface area (Å²) >= 11 is 3.27. The average molecular weight is 400 g/mol. The van der Waals surface area contributed by atoms with Gasteiger partial charge in [0.15, 0.2) is 4.34 Å². The number of thiazole rings is 1. The number of nitrogens with one attached hydrogen (secondary N) is 2.